The van der Waals surface area contributed by atoms with Gasteiger partial charge in [-0.15, -0.1) is 0 Å². The van der Waals surface area contributed by atoms with Crippen LogP contribution in [0.5, 0.6) is 0 Å². The van der Waals surface area contributed by atoms with Crippen LogP contribution in [0.4, 0.5) is 17.1 Å². The maximum Gasteiger partial charge on any atom is 0.143 e. The summed E-state index contributed by atoms with van der Waals surface area (Å²) in [5.41, 5.74) is 2.14. The predicted octanol–water partition coefficient (Wildman–Crippen LogP) is 12.7. The number of rotatable bonds is 5. The molecule has 9 rings (SSSR count). The molecule has 2 heteroatoms. The van der Waals surface area contributed by atoms with Crippen LogP contribution in [0.3, 0.4) is 0 Å². The lowest BCUT2D eigenvalue weighted by atomic mass is 9.98. The highest BCUT2D eigenvalue weighted by molar-refractivity contribution is 6.09. The quantitative estimate of drug-likeness (QED) is 0.197. The van der Waals surface area contributed by atoms with Gasteiger partial charge in [0, 0.05) is 33.1 Å². The number of para-hydroxylation sites is 2. The SMILES string of the molecule is [2H]c1c([2H])c(N(c2c([2H])c([2H])c(-c3cccc4c3oc3ccccc34)c([2H])c2[2H])c2cccc3ccccc23)c([2H])c([2H])c1-c1cccc2ccccc12. The van der Waals surface area contributed by atoms with Crippen LogP contribution in [0.1, 0.15) is 11.0 Å². The number of furan rings is 1. The second kappa shape index (κ2) is 10.8. The minimum atomic E-state index is -0.415. The van der Waals surface area contributed by atoms with Crippen molar-refractivity contribution in [3.8, 4) is 22.3 Å². The van der Waals surface area contributed by atoms with E-state index >= 15 is 0 Å². The van der Waals surface area contributed by atoms with E-state index in [1.165, 1.54) is 4.90 Å². The third-order valence-electron chi connectivity index (χ3n) is 8.41. The topological polar surface area (TPSA) is 16.4 Å². The van der Waals surface area contributed by atoms with Gasteiger partial charge in [0.15, 0.2) is 0 Å². The molecule has 1 heterocycles. The number of benzene rings is 8. The largest absolute Gasteiger partial charge is 0.455 e. The summed E-state index contributed by atoms with van der Waals surface area (Å²) < 4.78 is 81.7. The fraction of sp³-hybridized carbons (Fsp3) is 0. The predicted molar refractivity (Wildman–Crippen MR) is 194 cm³/mol. The van der Waals surface area contributed by atoms with E-state index in [1.54, 1.807) is 30.3 Å². The maximum absolute atomic E-state index is 9.51. The summed E-state index contributed by atoms with van der Waals surface area (Å²) in [6.45, 7) is 0. The molecule has 9 aromatic rings. The molecule has 216 valence electrons. The third-order valence-corrected chi connectivity index (χ3v) is 8.41. The van der Waals surface area contributed by atoms with E-state index in [-0.39, 0.29) is 58.8 Å². The molecule has 0 amide bonds. The summed E-state index contributed by atoms with van der Waals surface area (Å²) in [7, 11) is 0. The van der Waals surface area contributed by atoms with Crippen molar-refractivity contribution in [2.45, 2.75) is 0 Å². The van der Waals surface area contributed by atoms with Gasteiger partial charge in [0.05, 0.1) is 16.7 Å². The first kappa shape index (κ1) is 19.3. The van der Waals surface area contributed by atoms with Gasteiger partial charge in [0.25, 0.3) is 0 Å². The van der Waals surface area contributed by atoms with Gasteiger partial charge in [0.1, 0.15) is 11.2 Å². The second-order valence-electron chi connectivity index (χ2n) is 11.1. The van der Waals surface area contributed by atoms with Gasteiger partial charge in [0.2, 0.25) is 0 Å². The van der Waals surface area contributed by atoms with Crippen molar-refractivity contribution >= 4 is 60.5 Å². The van der Waals surface area contributed by atoms with Crippen molar-refractivity contribution in [2.75, 3.05) is 4.90 Å². The fourth-order valence-corrected chi connectivity index (χ4v) is 6.25. The zero-order chi connectivity index (χ0) is 37.4. The van der Waals surface area contributed by atoms with Gasteiger partial charge in [-0.1, -0.05) is 139 Å². The molecule has 0 fully saturated rings. The van der Waals surface area contributed by atoms with E-state index < -0.39 is 12.1 Å². The van der Waals surface area contributed by atoms with Crippen molar-refractivity contribution < 1.29 is 15.4 Å². The van der Waals surface area contributed by atoms with E-state index in [2.05, 4.69) is 0 Å². The molecule has 46 heavy (non-hydrogen) atoms. The second-order valence-corrected chi connectivity index (χ2v) is 11.1. The first-order chi connectivity index (χ1) is 26.2. The van der Waals surface area contributed by atoms with Crippen LogP contribution >= 0.6 is 0 Å². The Morgan fingerprint density at radius 2 is 0.913 bits per heavy atom. The summed E-state index contributed by atoms with van der Waals surface area (Å²) in [4.78, 5) is 1.36. The number of hydrogen-bond acceptors (Lipinski definition) is 2. The van der Waals surface area contributed by atoms with Crippen LogP contribution in [-0.4, -0.2) is 0 Å². The third kappa shape index (κ3) is 4.35. The number of fused-ring (bicyclic) bond motifs is 5. The highest BCUT2D eigenvalue weighted by Crippen LogP contribution is 2.42. The smallest absolute Gasteiger partial charge is 0.143 e. The maximum atomic E-state index is 9.51. The Morgan fingerprint density at radius 3 is 1.65 bits per heavy atom. The minimum absolute atomic E-state index is 0.0436. The van der Waals surface area contributed by atoms with Crippen LogP contribution in [0.2, 0.25) is 0 Å². The Bertz CT molecular complexity index is 2940. The average Bonchev–Trinajstić information content (AvgIpc) is 3.58. The van der Waals surface area contributed by atoms with Crippen molar-refractivity contribution in [1.82, 2.24) is 0 Å². The Morgan fingerprint density at radius 1 is 0.413 bits per heavy atom. The van der Waals surface area contributed by atoms with E-state index in [0.29, 0.717) is 33.4 Å². The zero-order valence-electron chi connectivity index (χ0n) is 32.5. The Labute approximate surface area is 278 Å². The molecule has 0 radical (unpaired) electrons. The Kier molecular flexibility index (Phi) is 4.53. The standard InChI is InChI=1S/C44H29NO/c1-3-14-36-30(10-1)12-7-17-37(36)32-22-26-34(27-23-32)45(42-20-8-13-31-11-2-4-15-38(31)42)35-28-24-33(25-29-35)39-18-9-19-41-40-16-5-6-21-43(40)46-44(39)41/h1-29H/i22D,23D,24D,25D,26D,27D,28D,29D. The number of anilines is 3. The van der Waals surface area contributed by atoms with E-state index in [4.69, 9.17) is 4.42 Å². The van der Waals surface area contributed by atoms with Gasteiger partial charge < -0.3 is 9.32 Å². The Hall–Kier alpha value is -6.12. The number of hydrogen-bond donors (Lipinski definition) is 0. The van der Waals surface area contributed by atoms with Crippen LogP contribution < -0.4 is 4.90 Å². The van der Waals surface area contributed by atoms with Crippen LogP contribution in [-0.2, 0) is 0 Å². The average molecular weight is 596 g/mol. The van der Waals surface area contributed by atoms with Gasteiger partial charge in [-0.25, -0.2) is 0 Å². The number of nitrogens with zero attached hydrogens (tertiary/aromatic N) is 1. The fourth-order valence-electron chi connectivity index (χ4n) is 6.25. The molecule has 1 aromatic heterocycles. The van der Waals surface area contributed by atoms with Crippen LogP contribution in [0.15, 0.2) is 180 Å². The van der Waals surface area contributed by atoms with Crippen LogP contribution in [0, 0.1) is 0 Å². The molecule has 0 aliphatic carbocycles. The molecule has 0 atom stereocenters. The summed E-state index contributed by atoms with van der Waals surface area (Å²) in [6.07, 6.45) is 0. The van der Waals surface area contributed by atoms with E-state index in [0.717, 1.165) is 26.9 Å². The highest BCUT2D eigenvalue weighted by Gasteiger charge is 2.17. The molecule has 0 saturated carbocycles. The normalized spacial score (nSPS) is 13.9. The Balaban J connectivity index is 1.35. The first-order valence-electron chi connectivity index (χ1n) is 19.0. The van der Waals surface area contributed by atoms with Crippen molar-refractivity contribution in [3.63, 3.8) is 0 Å². The first-order valence-corrected chi connectivity index (χ1v) is 15.0. The lowest BCUT2D eigenvalue weighted by Gasteiger charge is -2.27. The van der Waals surface area contributed by atoms with Crippen LogP contribution in [0.25, 0.3) is 65.7 Å². The van der Waals surface area contributed by atoms with Crippen molar-refractivity contribution in [2.24, 2.45) is 0 Å². The van der Waals surface area contributed by atoms with Gasteiger partial charge in [-0.2, -0.15) is 0 Å². The van der Waals surface area contributed by atoms with Crippen molar-refractivity contribution in [1.29, 1.82) is 0 Å². The molecule has 0 saturated heterocycles. The van der Waals surface area contributed by atoms with Gasteiger partial charge >= 0.3 is 0 Å². The zero-order valence-corrected chi connectivity index (χ0v) is 24.5. The highest BCUT2D eigenvalue weighted by atomic mass is 16.3. The lowest BCUT2D eigenvalue weighted by Crippen LogP contribution is -2.10. The molecule has 8 aromatic carbocycles. The van der Waals surface area contributed by atoms with Gasteiger partial charge in [-0.3, -0.25) is 0 Å². The molecule has 0 aliphatic rings. The molecule has 0 N–H and O–H groups in total. The van der Waals surface area contributed by atoms with E-state index in [9.17, 15) is 11.0 Å². The molecular weight excluding hydrogens is 558 g/mol. The summed E-state index contributed by atoms with van der Waals surface area (Å²) in [6, 6.07) is 35.9. The molecule has 0 unspecified atom stereocenters. The molecule has 2 nitrogen and oxygen atoms in total. The summed E-state index contributed by atoms with van der Waals surface area (Å²) >= 11 is 0. The lowest BCUT2D eigenvalue weighted by molar-refractivity contribution is 0.670. The molecule has 0 spiro atoms. The molecular formula is C44H29NO. The van der Waals surface area contributed by atoms with E-state index in [1.807, 2.05) is 97.1 Å². The summed E-state index contributed by atoms with van der Waals surface area (Å²) in [5, 5.41) is 4.74. The van der Waals surface area contributed by atoms with Crippen molar-refractivity contribution in [3.05, 3.63) is 176 Å². The monoisotopic (exact) mass is 595 g/mol. The minimum Gasteiger partial charge on any atom is -0.455 e. The molecule has 0 aliphatic heterocycles. The molecule has 0 bridgehead atoms. The van der Waals surface area contributed by atoms with Gasteiger partial charge in [-0.05, 0) is 69.2 Å². The summed E-state index contributed by atoms with van der Waals surface area (Å²) in [5.74, 6) is 0.